The first-order valence-electron chi connectivity index (χ1n) is 5.96. The molecule has 2 rings (SSSR count). The van der Waals surface area contributed by atoms with Crippen LogP contribution in [0.25, 0.3) is 10.8 Å². The molecular weight excluding hydrogens is 212 g/mol. The summed E-state index contributed by atoms with van der Waals surface area (Å²) in [5.41, 5.74) is 0.625. The van der Waals surface area contributed by atoms with Crippen LogP contribution >= 0.6 is 0 Å². The van der Waals surface area contributed by atoms with Gasteiger partial charge in [-0.3, -0.25) is 4.79 Å². The molecular formula is C15H16O2. The highest BCUT2D eigenvalue weighted by Gasteiger charge is 2.07. The van der Waals surface area contributed by atoms with E-state index in [9.17, 15) is 4.79 Å². The van der Waals surface area contributed by atoms with Crippen LogP contribution in [-0.4, -0.2) is 12.9 Å². The number of hydrogen-bond acceptors (Lipinski definition) is 2. The molecule has 0 aliphatic rings. The highest BCUT2D eigenvalue weighted by atomic mass is 16.5. The number of unbranched alkanes of at least 4 members (excludes halogenated alkanes) is 1. The maximum Gasteiger partial charge on any atom is 0.153 e. The van der Waals surface area contributed by atoms with Gasteiger partial charge in [0.2, 0.25) is 0 Å². The van der Waals surface area contributed by atoms with Crippen LogP contribution in [0.4, 0.5) is 0 Å². The number of carbonyl (C=O) groups excluding carboxylic acids is 1. The third-order valence-electron chi connectivity index (χ3n) is 2.78. The Bertz CT molecular complexity index is 517. The van der Waals surface area contributed by atoms with Crippen LogP contribution in [0.3, 0.4) is 0 Å². The molecule has 2 nitrogen and oxygen atoms in total. The lowest BCUT2D eigenvalue weighted by molar-refractivity contribution is 0.112. The minimum absolute atomic E-state index is 0.625. The molecule has 0 heterocycles. The first-order valence-corrected chi connectivity index (χ1v) is 5.96. The summed E-state index contributed by atoms with van der Waals surface area (Å²) in [6, 6.07) is 11.7. The van der Waals surface area contributed by atoms with E-state index in [0.29, 0.717) is 17.9 Å². The quantitative estimate of drug-likeness (QED) is 0.574. The zero-order valence-electron chi connectivity index (χ0n) is 9.98. The Morgan fingerprint density at radius 3 is 2.76 bits per heavy atom. The predicted molar refractivity (Wildman–Crippen MR) is 69.7 cm³/mol. The highest BCUT2D eigenvalue weighted by Crippen LogP contribution is 2.29. The van der Waals surface area contributed by atoms with E-state index < -0.39 is 0 Å². The second-order valence-electron chi connectivity index (χ2n) is 4.02. The topological polar surface area (TPSA) is 26.3 Å². The van der Waals surface area contributed by atoms with Gasteiger partial charge >= 0.3 is 0 Å². The Morgan fingerprint density at radius 2 is 2.00 bits per heavy atom. The Balaban J connectivity index is 2.43. The number of ether oxygens (including phenoxy) is 1. The Labute approximate surface area is 101 Å². The smallest absolute Gasteiger partial charge is 0.153 e. The fourth-order valence-corrected chi connectivity index (χ4v) is 1.83. The molecule has 0 aliphatic carbocycles. The molecule has 0 bridgehead atoms. The molecule has 88 valence electrons. The molecule has 0 aromatic heterocycles. The summed E-state index contributed by atoms with van der Waals surface area (Å²) in [7, 11) is 0. The maximum absolute atomic E-state index is 11.0. The average Bonchev–Trinajstić information content (AvgIpc) is 2.39. The number of fused-ring (bicyclic) bond motifs is 1. The molecule has 0 radical (unpaired) electrons. The molecule has 0 atom stereocenters. The third-order valence-corrected chi connectivity index (χ3v) is 2.78. The van der Waals surface area contributed by atoms with Crippen LogP contribution in [0.15, 0.2) is 36.4 Å². The fraction of sp³-hybridized carbons (Fsp3) is 0.267. The molecule has 2 aromatic rings. The number of carbonyl (C=O) groups is 1. The number of rotatable bonds is 5. The molecule has 2 aromatic carbocycles. The summed E-state index contributed by atoms with van der Waals surface area (Å²) < 4.78 is 5.75. The SMILES string of the molecule is CCCCOc1c(C=O)ccc2ccccc12. The van der Waals surface area contributed by atoms with Gasteiger partial charge in [0.25, 0.3) is 0 Å². The van der Waals surface area contributed by atoms with E-state index >= 15 is 0 Å². The predicted octanol–water partition coefficient (Wildman–Crippen LogP) is 3.83. The van der Waals surface area contributed by atoms with E-state index in [0.717, 1.165) is 29.9 Å². The van der Waals surface area contributed by atoms with E-state index in [-0.39, 0.29) is 0 Å². The van der Waals surface area contributed by atoms with Crippen molar-refractivity contribution in [2.45, 2.75) is 19.8 Å². The van der Waals surface area contributed by atoms with E-state index in [1.54, 1.807) is 0 Å². The van der Waals surface area contributed by atoms with Crippen LogP contribution in [0.5, 0.6) is 5.75 Å². The van der Waals surface area contributed by atoms with Gasteiger partial charge in [-0.25, -0.2) is 0 Å². The van der Waals surface area contributed by atoms with Gasteiger partial charge in [0.1, 0.15) is 5.75 Å². The molecule has 0 fully saturated rings. The molecule has 17 heavy (non-hydrogen) atoms. The summed E-state index contributed by atoms with van der Waals surface area (Å²) in [6.07, 6.45) is 2.94. The second kappa shape index (κ2) is 5.48. The van der Waals surface area contributed by atoms with Crippen LogP contribution in [0, 0.1) is 0 Å². The van der Waals surface area contributed by atoms with Crippen LogP contribution in [0.2, 0.25) is 0 Å². The highest BCUT2D eigenvalue weighted by molar-refractivity contribution is 5.96. The molecule has 0 saturated heterocycles. The van der Waals surface area contributed by atoms with Crippen LogP contribution < -0.4 is 4.74 Å². The van der Waals surface area contributed by atoms with Gasteiger partial charge < -0.3 is 4.74 Å². The summed E-state index contributed by atoms with van der Waals surface area (Å²) in [5.74, 6) is 0.714. The van der Waals surface area contributed by atoms with Gasteiger partial charge in [0.05, 0.1) is 12.2 Å². The summed E-state index contributed by atoms with van der Waals surface area (Å²) >= 11 is 0. The summed E-state index contributed by atoms with van der Waals surface area (Å²) in [5, 5.41) is 2.11. The molecule has 0 aliphatic heterocycles. The van der Waals surface area contributed by atoms with E-state index in [1.165, 1.54) is 0 Å². The van der Waals surface area contributed by atoms with Crippen molar-refractivity contribution < 1.29 is 9.53 Å². The number of aldehydes is 1. The zero-order chi connectivity index (χ0) is 12.1. The number of benzene rings is 2. The van der Waals surface area contributed by atoms with Gasteiger partial charge in [-0.05, 0) is 17.9 Å². The van der Waals surface area contributed by atoms with Gasteiger partial charge in [0, 0.05) is 5.39 Å². The van der Waals surface area contributed by atoms with Crippen molar-refractivity contribution in [3.8, 4) is 5.75 Å². The normalized spacial score (nSPS) is 10.4. The zero-order valence-corrected chi connectivity index (χ0v) is 9.98. The first-order chi connectivity index (χ1) is 8.36. The average molecular weight is 228 g/mol. The van der Waals surface area contributed by atoms with E-state index in [1.807, 2.05) is 36.4 Å². The van der Waals surface area contributed by atoms with Crippen molar-refractivity contribution in [3.05, 3.63) is 42.0 Å². The van der Waals surface area contributed by atoms with Gasteiger partial charge in [0.15, 0.2) is 6.29 Å². The van der Waals surface area contributed by atoms with E-state index in [4.69, 9.17) is 4.74 Å². The van der Waals surface area contributed by atoms with Crippen molar-refractivity contribution in [1.82, 2.24) is 0 Å². The first kappa shape index (κ1) is 11.6. The fourth-order valence-electron chi connectivity index (χ4n) is 1.83. The molecule has 0 N–H and O–H groups in total. The Hall–Kier alpha value is -1.83. The lowest BCUT2D eigenvalue weighted by Gasteiger charge is -2.11. The van der Waals surface area contributed by atoms with Crippen LogP contribution in [0.1, 0.15) is 30.1 Å². The standard InChI is InChI=1S/C15H16O2/c1-2-3-10-17-15-13(11-16)9-8-12-6-4-5-7-14(12)15/h4-9,11H,2-3,10H2,1H3. The third kappa shape index (κ3) is 2.47. The van der Waals surface area contributed by atoms with Crippen LogP contribution in [-0.2, 0) is 0 Å². The second-order valence-corrected chi connectivity index (χ2v) is 4.02. The molecule has 0 spiro atoms. The minimum Gasteiger partial charge on any atom is -0.492 e. The van der Waals surface area contributed by atoms with Crippen molar-refractivity contribution >= 4 is 17.1 Å². The van der Waals surface area contributed by atoms with Gasteiger partial charge in [-0.15, -0.1) is 0 Å². The molecule has 2 heteroatoms. The molecule has 0 unspecified atom stereocenters. The lowest BCUT2D eigenvalue weighted by Crippen LogP contribution is -2.00. The Morgan fingerprint density at radius 1 is 1.18 bits per heavy atom. The lowest BCUT2D eigenvalue weighted by atomic mass is 10.1. The molecule has 0 saturated carbocycles. The largest absolute Gasteiger partial charge is 0.492 e. The molecule has 0 amide bonds. The Kier molecular flexibility index (Phi) is 3.76. The van der Waals surface area contributed by atoms with Crippen molar-refractivity contribution in [1.29, 1.82) is 0 Å². The summed E-state index contributed by atoms with van der Waals surface area (Å²) in [4.78, 5) is 11.0. The van der Waals surface area contributed by atoms with Gasteiger partial charge in [-0.2, -0.15) is 0 Å². The van der Waals surface area contributed by atoms with Crippen molar-refractivity contribution in [3.63, 3.8) is 0 Å². The van der Waals surface area contributed by atoms with Crippen molar-refractivity contribution in [2.75, 3.05) is 6.61 Å². The van der Waals surface area contributed by atoms with Crippen molar-refractivity contribution in [2.24, 2.45) is 0 Å². The maximum atomic E-state index is 11.0. The van der Waals surface area contributed by atoms with E-state index in [2.05, 4.69) is 6.92 Å². The minimum atomic E-state index is 0.625. The number of hydrogen-bond donors (Lipinski definition) is 0. The van der Waals surface area contributed by atoms with Gasteiger partial charge in [-0.1, -0.05) is 43.7 Å². The monoisotopic (exact) mass is 228 g/mol. The summed E-state index contributed by atoms with van der Waals surface area (Å²) in [6.45, 7) is 2.78.